The minimum atomic E-state index is -0.0580. The normalized spacial score (nSPS) is 12.5. The Kier molecular flexibility index (Phi) is 4.26. The van der Waals surface area contributed by atoms with Crippen LogP contribution in [0.25, 0.3) is 0 Å². The molecule has 1 rings (SSSR count). The molecule has 0 aliphatic heterocycles. The molecule has 0 bridgehead atoms. The molecule has 0 spiro atoms. The van der Waals surface area contributed by atoms with Crippen LogP contribution in [0.3, 0.4) is 0 Å². The molecule has 3 nitrogen and oxygen atoms in total. The summed E-state index contributed by atoms with van der Waals surface area (Å²) in [5.41, 5.74) is 2.05. The quantitative estimate of drug-likeness (QED) is 0.752. The van der Waals surface area contributed by atoms with Crippen molar-refractivity contribution in [2.24, 2.45) is 0 Å². The molecule has 0 aliphatic rings. The van der Waals surface area contributed by atoms with Gasteiger partial charge in [-0.3, -0.25) is 9.88 Å². The summed E-state index contributed by atoms with van der Waals surface area (Å²) in [7, 11) is 0. The summed E-state index contributed by atoms with van der Waals surface area (Å²) >= 11 is 0. The molecule has 0 saturated heterocycles. The van der Waals surface area contributed by atoms with Gasteiger partial charge in [0.25, 0.3) is 0 Å². The largest absolute Gasteiger partial charge is 0.283 e. The molecule has 0 N–H and O–H groups in total. The number of rotatable bonds is 4. The summed E-state index contributed by atoms with van der Waals surface area (Å²) in [4.78, 5) is 6.53. The lowest BCUT2D eigenvalue weighted by atomic mass is 10.2. The second kappa shape index (κ2) is 5.47. The molecule has 1 unspecified atom stereocenters. The summed E-state index contributed by atoms with van der Waals surface area (Å²) in [5.74, 6) is 0. The fraction of sp³-hybridized carbons (Fsp3) is 0.500. The third-order valence-corrected chi connectivity index (χ3v) is 2.45. The molecule has 1 aromatic heterocycles. The van der Waals surface area contributed by atoms with Gasteiger partial charge in [-0.2, -0.15) is 5.26 Å². The zero-order valence-electron chi connectivity index (χ0n) is 9.57. The van der Waals surface area contributed by atoms with Gasteiger partial charge >= 0.3 is 0 Å². The monoisotopic (exact) mass is 203 g/mol. The van der Waals surface area contributed by atoms with Crippen molar-refractivity contribution in [1.82, 2.24) is 9.88 Å². The lowest BCUT2D eigenvalue weighted by molar-refractivity contribution is 0.247. The van der Waals surface area contributed by atoms with E-state index in [1.165, 1.54) is 0 Å². The van der Waals surface area contributed by atoms with Gasteiger partial charge in [-0.15, -0.1) is 0 Å². The van der Waals surface area contributed by atoms with E-state index in [9.17, 15) is 0 Å². The first-order valence-electron chi connectivity index (χ1n) is 5.23. The van der Waals surface area contributed by atoms with Crippen LogP contribution in [-0.4, -0.2) is 22.5 Å². The molecule has 0 fully saturated rings. The summed E-state index contributed by atoms with van der Waals surface area (Å²) in [5, 5.41) is 8.86. The standard InChI is InChI=1S/C12H17N3/c1-4-15(11(3)8-13)9-12-7-5-6-10(2)14-12/h5-7,11H,4,9H2,1-3H3. The Morgan fingerprint density at radius 3 is 2.80 bits per heavy atom. The molecular weight excluding hydrogens is 186 g/mol. The third kappa shape index (κ3) is 3.34. The number of nitriles is 1. The van der Waals surface area contributed by atoms with E-state index in [2.05, 4.69) is 22.9 Å². The third-order valence-electron chi connectivity index (χ3n) is 2.45. The first kappa shape index (κ1) is 11.7. The average molecular weight is 203 g/mol. The minimum Gasteiger partial charge on any atom is -0.283 e. The summed E-state index contributed by atoms with van der Waals surface area (Å²) in [6.45, 7) is 7.56. The molecule has 3 heteroatoms. The van der Waals surface area contributed by atoms with Crippen molar-refractivity contribution in [3.63, 3.8) is 0 Å². The summed E-state index contributed by atoms with van der Waals surface area (Å²) in [6, 6.07) is 8.17. The van der Waals surface area contributed by atoms with E-state index in [1.807, 2.05) is 32.0 Å². The van der Waals surface area contributed by atoms with Crippen LogP contribution in [0.2, 0.25) is 0 Å². The van der Waals surface area contributed by atoms with E-state index < -0.39 is 0 Å². The van der Waals surface area contributed by atoms with Crippen molar-refractivity contribution in [1.29, 1.82) is 5.26 Å². The van der Waals surface area contributed by atoms with Gasteiger partial charge in [0.15, 0.2) is 0 Å². The van der Waals surface area contributed by atoms with Crippen LogP contribution in [0, 0.1) is 18.3 Å². The van der Waals surface area contributed by atoms with E-state index in [-0.39, 0.29) is 6.04 Å². The highest BCUT2D eigenvalue weighted by Crippen LogP contribution is 2.06. The molecule has 80 valence electrons. The first-order chi connectivity index (χ1) is 7.17. The molecule has 0 aromatic carbocycles. The van der Waals surface area contributed by atoms with Crippen LogP contribution in [0.4, 0.5) is 0 Å². The maximum absolute atomic E-state index is 8.86. The predicted octanol–water partition coefficient (Wildman–Crippen LogP) is 2.12. The average Bonchev–Trinajstić information content (AvgIpc) is 2.25. The Balaban J connectivity index is 2.71. The Hall–Kier alpha value is -1.40. The molecule has 1 atom stereocenters. The van der Waals surface area contributed by atoms with Crippen LogP contribution in [-0.2, 0) is 6.54 Å². The van der Waals surface area contributed by atoms with Gasteiger partial charge in [0.05, 0.1) is 17.8 Å². The molecule has 0 saturated carbocycles. The van der Waals surface area contributed by atoms with Crippen molar-refractivity contribution in [3.05, 3.63) is 29.6 Å². The van der Waals surface area contributed by atoms with Crippen LogP contribution in [0.5, 0.6) is 0 Å². The molecule has 0 radical (unpaired) electrons. The molecule has 1 heterocycles. The number of aromatic nitrogens is 1. The Bertz CT molecular complexity index is 354. The summed E-state index contributed by atoms with van der Waals surface area (Å²) in [6.07, 6.45) is 0. The predicted molar refractivity (Wildman–Crippen MR) is 60.1 cm³/mol. The first-order valence-corrected chi connectivity index (χ1v) is 5.23. The van der Waals surface area contributed by atoms with Gasteiger partial charge in [-0.25, -0.2) is 0 Å². The molecule has 0 aliphatic carbocycles. The molecular formula is C12H17N3. The molecule has 15 heavy (non-hydrogen) atoms. The number of nitrogens with zero attached hydrogens (tertiary/aromatic N) is 3. The van der Waals surface area contributed by atoms with Crippen molar-refractivity contribution in [2.45, 2.75) is 33.4 Å². The highest BCUT2D eigenvalue weighted by atomic mass is 15.1. The van der Waals surface area contributed by atoms with E-state index in [0.29, 0.717) is 0 Å². The van der Waals surface area contributed by atoms with E-state index in [0.717, 1.165) is 24.5 Å². The maximum atomic E-state index is 8.86. The Labute approximate surface area is 91.4 Å². The van der Waals surface area contributed by atoms with Crippen LogP contribution >= 0.6 is 0 Å². The van der Waals surface area contributed by atoms with Crippen LogP contribution in [0.15, 0.2) is 18.2 Å². The number of hydrogen-bond donors (Lipinski definition) is 0. The van der Waals surface area contributed by atoms with Gasteiger partial charge in [0.1, 0.15) is 0 Å². The van der Waals surface area contributed by atoms with E-state index in [4.69, 9.17) is 5.26 Å². The van der Waals surface area contributed by atoms with E-state index >= 15 is 0 Å². The zero-order valence-corrected chi connectivity index (χ0v) is 9.57. The second-order valence-corrected chi connectivity index (χ2v) is 3.64. The van der Waals surface area contributed by atoms with Crippen LogP contribution < -0.4 is 0 Å². The van der Waals surface area contributed by atoms with Crippen molar-refractivity contribution < 1.29 is 0 Å². The topological polar surface area (TPSA) is 39.9 Å². The summed E-state index contributed by atoms with van der Waals surface area (Å²) < 4.78 is 0. The number of pyridine rings is 1. The number of hydrogen-bond acceptors (Lipinski definition) is 3. The zero-order chi connectivity index (χ0) is 11.3. The maximum Gasteiger partial charge on any atom is 0.0952 e. The van der Waals surface area contributed by atoms with Crippen LogP contribution in [0.1, 0.15) is 25.2 Å². The van der Waals surface area contributed by atoms with Gasteiger partial charge in [-0.05, 0) is 32.5 Å². The number of aryl methyl sites for hydroxylation is 1. The van der Waals surface area contributed by atoms with Gasteiger partial charge in [0.2, 0.25) is 0 Å². The Morgan fingerprint density at radius 2 is 2.27 bits per heavy atom. The lowest BCUT2D eigenvalue weighted by Gasteiger charge is -2.22. The van der Waals surface area contributed by atoms with Crippen molar-refractivity contribution in [3.8, 4) is 6.07 Å². The Morgan fingerprint density at radius 1 is 1.53 bits per heavy atom. The van der Waals surface area contributed by atoms with E-state index in [1.54, 1.807) is 0 Å². The minimum absolute atomic E-state index is 0.0580. The van der Waals surface area contributed by atoms with Crippen molar-refractivity contribution >= 4 is 0 Å². The smallest absolute Gasteiger partial charge is 0.0952 e. The lowest BCUT2D eigenvalue weighted by Crippen LogP contribution is -2.31. The molecule has 0 amide bonds. The van der Waals surface area contributed by atoms with Gasteiger partial charge in [0, 0.05) is 12.2 Å². The van der Waals surface area contributed by atoms with Crippen molar-refractivity contribution in [2.75, 3.05) is 6.54 Å². The SMILES string of the molecule is CCN(Cc1cccc(C)n1)C(C)C#N. The van der Waals surface area contributed by atoms with Gasteiger partial charge < -0.3 is 0 Å². The fourth-order valence-corrected chi connectivity index (χ4v) is 1.50. The fourth-order valence-electron chi connectivity index (χ4n) is 1.50. The van der Waals surface area contributed by atoms with Gasteiger partial charge in [-0.1, -0.05) is 13.0 Å². The highest BCUT2D eigenvalue weighted by Gasteiger charge is 2.11. The molecule has 1 aromatic rings. The highest BCUT2D eigenvalue weighted by molar-refractivity contribution is 5.10. The second-order valence-electron chi connectivity index (χ2n) is 3.64.